The first-order chi connectivity index (χ1) is 15.5. The third kappa shape index (κ3) is 6.10. The van der Waals surface area contributed by atoms with E-state index in [0.717, 1.165) is 31.9 Å². The number of benzene rings is 1. The van der Waals surface area contributed by atoms with Crippen molar-refractivity contribution in [3.8, 4) is 0 Å². The number of morpholine rings is 2. The fourth-order valence-electron chi connectivity index (χ4n) is 4.58. The van der Waals surface area contributed by atoms with Crippen molar-refractivity contribution >= 4 is 11.8 Å². The van der Waals surface area contributed by atoms with E-state index >= 15 is 0 Å². The number of likely N-dealkylation sites (N-methyl/N-ethyl adjacent to an activating group) is 2. The Kier molecular flexibility index (Phi) is 7.83. The smallest absolute Gasteiger partial charge is 0.410 e. The molecule has 0 aliphatic carbocycles. The van der Waals surface area contributed by atoms with Crippen LogP contribution in [0.3, 0.4) is 0 Å². The molecule has 3 aliphatic heterocycles. The number of amides is 1. The maximum Gasteiger partial charge on any atom is 0.410 e. The summed E-state index contributed by atoms with van der Waals surface area (Å²) in [5.41, 5.74) is 0.967. The summed E-state index contributed by atoms with van der Waals surface area (Å²) in [6, 6.07) is 6.48. The van der Waals surface area contributed by atoms with Gasteiger partial charge < -0.3 is 33.8 Å². The monoisotopic (exact) mass is 450 g/mol. The number of piperazine rings is 1. The summed E-state index contributed by atoms with van der Waals surface area (Å²) in [5, 5.41) is 0. The summed E-state index contributed by atoms with van der Waals surface area (Å²) in [5.74, 6) is -0.245. The van der Waals surface area contributed by atoms with E-state index in [9.17, 15) is 9.18 Å². The highest BCUT2D eigenvalue weighted by Crippen LogP contribution is 2.21. The molecule has 0 N–H and O–H groups in total. The van der Waals surface area contributed by atoms with Crippen LogP contribution in [0.1, 0.15) is 6.42 Å². The Morgan fingerprint density at radius 1 is 1.00 bits per heavy atom. The number of nitrogens with zero attached hydrogens (tertiary/aromatic N) is 4. The minimum atomic E-state index is -0.350. The van der Waals surface area contributed by atoms with Crippen LogP contribution in [0.15, 0.2) is 24.3 Å². The van der Waals surface area contributed by atoms with Crippen molar-refractivity contribution in [2.45, 2.75) is 24.7 Å². The SMILES string of the molecule is CN1CCO[C@H](CC(OC(=O)N2CCN(c3ccc(F)cc3)CC2)[C@H]2CN(C)CCO2)C1. The Hall–Kier alpha value is -1.94. The molecule has 0 saturated carbocycles. The molecule has 3 saturated heterocycles. The second-order valence-electron chi connectivity index (χ2n) is 9.03. The number of rotatable bonds is 5. The van der Waals surface area contributed by atoms with Gasteiger partial charge in [0, 0.05) is 64.5 Å². The van der Waals surface area contributed by atoms with Crippen molar-refractivity contribution in [1.82, 2.24) is 14.7 Å². The molecule has 4 rings (SSSR count). The van der Waals surface area contributed by atoms with Crippen molar-refractivity contribution in [3.05, 3.63) is 30.1 Å². The Morgan fingerprint density at radius 3 is 2.31 bits per heavy atom. The van der Waals surface area contributed by atoms with E-state index in [1.807, 2.05) is 0 Å². The minimum absolute atomic E-state index is 0.0257. The molecule has 0 radical (unpaired) electrons. The van der Waals surface area contributed by atoms with Crippen molar-refractivity contribution in [2.75, 3.05) is 84.6 Å². The minimum Gasteiger partial charge on any atom is -0.443 e. The van der Waals surface area contributed by atoms with Gasteiger partial charge in [0.25, 0.3) is 0 Å². The fourth-order valence-corrected chi connectivity index (χ4v) is 4.58. The van der Waals surface area contributed by atoms with E-state index in [2.05, 4.69) is 28.8 Å². The predicted octanol–water partition coefficient (Wildman–Crippen LogP) is 1.50. The van der Waals surface area contributed by atoms with Crippen LogP contribution in [0.5, 0.6) is 0 Å². The average Bonchev–Trinajstić information content (AvgIpc) is 2.79. The summed E-state index contributed by atoms with van der Waals surface area (Å²) in [7, 11) is 4.15. The van der Waals surface area contributed by atoms with Gasteiger partial charge in [-0.1, -0.05) is 0 Å². The molecule has 0 bridgehead atoms. The first kappa shape index (κ1) is 23.2. The number of hydrogen-bond donors (Lipinski definition) is 0. The molecular formula is C23H35FN4O4. The van der Waals surface area contributed by atoms with E-state index in [1.54, 1.807) is 17.0 Å². The number of ether oxygens (including phenoxy) is 3. The molecular weight excluding hydrogens is 415 g/mol. The van der Waals surface area contributed by atoms with Gasteiger partial charge in [-0.3, -0.25) is 0 Å². The molecule has 9 heteroatoms. The van der Waals surface area contributed by atoms with Crippen LogP contribution in [0, 0.1) is 5.82 Å². The summed E-state index contributed by atoms with van der Waals surface area (Å²) in [6.45, 7) is 7.19. The Labute approximate surface area is 189 Å². The molecule has 3 fully saturated rings. The van der Waals surface area contributed by atoms with Gasteiger partial charge in [-0.15, -0.1) is 0 Å². The second-order valence-corrected chi connectivity index (χ2v) is 9.03. The highest BCUT2D eigenvalue weighted by Gasteiger charge is 2.35. The van der Waals surface area contributed by atoms with E-state index in [0.29, 0.717) is 45.8 Å². The largest absolute Gasteiger partial charge is 0.443 e. The van der Waals surface area contributed by atoms with Crippen LogP contribution in [0.25, 0.3) is 0 Å². The summed E-state index contributed by atoms with van der Waals surface area (Å²) in [6.07, 6.45) is -0.150. The lowest BCUT2D eigenvalue weighted by Gasteiger charge is -2.40. The van der Waals surface area contributed by atoms with Gasteiger partial charge in [0.1, 0.15) is 18.0 Å². The lowest BCUT2D eigenvalue weighted by atomic mass is 10.0. The van der Waals surface area contributed by atoms with Gasteiger partial charge in [-0.05, 0) is 38.4 Å². The van der Waals surface area contributed by atoms with E-state index in [-0.39, 0.29) is 30.2 Å². The zero-order valence-corrected chi connectivity index (χ0v) is 19.1. The first-order valence-electron chi connectivity index (χ1n) is 11.5. The maximum atomic E-state index is 13.2. The van der Waals surface area contributed by atoms with Crippen molar-refractivity contribution in [1.29, 1.82) is 0 Å². The van der Waals surface area contributed by atoms with Crippen LogP contribution < -0.4 is 4.90 Å². The van der Waals surface area contributed by atoms with Crippen LogP contribution in [-0.2, 0) is 14.2 Å². The molecule has 1 aromatic rings. The normalized spacial score (nSPS) is 26.7. The number of anilines is 1. The van der Waals surface area contributed by atoms with Gasteiger partial charge in [0.15, 0.2) is 0 Å². The topological polar surface area (TPSA) is 57.7 Å². The number of carbonyl (C=O) groups is 1. The Balaban J connectivity index is 1.34. The Bertz CT molecular complexity index is 744. The van der Waals surface area contributed by atoms with Crippen LogP contribution in [0.4, 0.5) is 14.9 Å². The highest BCUT2D eigenvalue weighted by atomic mass is 19.1. The van der Waals surface area contributed by atoms with Crippen molar-refractivity contribution in [2.24, 2.45) is 0 Å². The lowest BCUT2D eigenvalue weighted by Crippen LogP contribution is -2.53. The van der Waals surface area contributed by atoms with Gasteiger partial charge in [-0.25, -0.2) is 9.18 Å². The second kappa shape index (κ2) is 10.8. The first-order valence-corrected chi connectivity index (χ1v) is 11.5. The van der Waals surface area contributed by atoms with Gasteiger partial charge in [0.05, 0.1) is 19.3 Å². The predicted molar refractivity (Wildman–Crippen MR) is 120 cm³/mol. The van der Waals surface area contributed by atoms with E-state index in [1.165, 1.54) is 12.1 Å². The van der Waals surface area contributed by atoms with Crippen molar-refractivity contribution < 1.29 is 23.4 Å². The molecule has 0 spiro atoms. The third-order valence-corrected chi connectivity index (χ3v) is 6.53. The molecule has 0 aromatic heterocycles. The molecule has 1 aromatic carbocycles. The number of hydrogen-bond acceptors (Lipinski definition) is 7. The summed E-state index contributed by atoms with van der Waals surface area (Å²) in [4.78, 5) is 21.4. The third-order valence-electron chi connectivity index (χ3n) is 6.53. The number of carbonyl (C=O) groups excluding carboxylic acids is 1. The zero-order valence-electron chi connectivity index (χ0n) is 19.1. The van der Waals surface area contributed by atoms with Crippen molar-refractivity contribution in [3.63, 3.8) is 0 Å². The van der Waals surface area contributed by atoms with Crippen LogP contribution in [0.2, 0.25) is 0 Å². The molecule has 3 atom stereocenters. The molecule has 8 nitrogen and oxygen atoms in total. The molecule has 3 aliphatic rings. The van der Waals surface area contributed by atoms with Gasteiger partial charge >= 0.3 is 6.09 Å². The Morgan fingerprint density at radius 2 is 1.66 bits per heavy atom. The number of halogens is 1. The summed E-state index contributed by atoms with van der Waals surface area (Å²) >= 11 is 0. The summed E-state index contributed by atoms with van der Waals surface area (Å²) < 4.78 is 31.2. The molecule has 178 valence electrons. The molecule has 1 unspecified atom stereocenters. The van der Waals surface area contributed by atoms with Gasteiger partial charge in [-0.2, -0.15) is 0 Å². The molecule has 32 heavy (non-hydrogen) atoms. The standard InChI is InChI=1S/C23H35FN4O4/c1-25-11-13-30-20(16-25)15-21(22-17-26(2)12-14-31-22)32-23(29)28-9-7-27(8-10-28)19-5-3-18(24)4-6-19/h3-6,20-22H,7-17H2,1-2H3/t20-,21?,22-/m1/s1. The fraction of sp³-hybridized carbons (Fsp3) is 0.696. The molecule has 1 amide bonds. The van der Waals surface area contributed by atoms with E-state index < -0.39 is 0 Å². The lowest BCUT2D eigenvalue weighted by molar-refractivity contribution is -0.114. The maximum absolute atomic E-state index is 13.2. The highest BCUT2D eigenvalue weighted by molar-refractivity contribution is 5.68. The van der Waals surface area contributed by atoms with Crippen LogP contribution >= 0.6 is 0 Å². The zero-order chi connectivity index (χ0) is 22.5. The quantitative estimate of drug-likeness (QED) is 0.674. The van der Waals surface area contributed by atoms with Gasteiger partial charge in [0.2, 0.25) is 0 Å². The van der Waals surface area contributed by atoms with Crippen LogP contribution in [-0.4, -0.2) is 119 Å². The molecule has 3 heterocycles. The van der Waals surface area contributed by atoms with E-state index in [4.69, 9.17) is 14.2 Å². The average molecular weight is 451 g/mol.